The van der Waals surface area contributed by atoms with Gasteiger partial charge >= 0.3 is 0 Å². The highest BCUT2D eigenvalue weighted by molar-refractivity contribution is 5.95. The molecule has 0 N–H and O–H groups in total. The van der Waals surface area contributed by atoms with Crippen molar-refractivity contribution in [3.05, 3.63) is 71.7 Å². The molecule has 1 saturated heterocycles. The molecule has 138 valence electrons. The summed E-state index contributed by atoms with van der Waals surface area (Å²) in [6.07, 6.45) is 4.52. The number of pyridine rings is 1. The van der Waals surface area contributed by atoms with Gasteiger partial charge in [-0.25, -0.2) is 4.98 Å². The second kappa shape index (κ2) is 6.50. The Bertz CT molecular complexity index is 976. The Balaban J connectivity index is 1.53. The molecule has 1 aliphatic heterocycles. The van der Waals surface area contributed by atoms with E-state index in [0.717, 1.165) is 31.0 Å². The van der Waals surface area contributed by atoms with Gasteiger partial charge in [-0.1, -0.05) is 36.4 Å². The summed E-state index contributed by atoms with van der Waals surface area (Å²) in [7, 11) is 0. The summed E-state index contributed by atoms with van der Waals surface area (Å²) in [5, 5.41) is 0. The number of carbonyl (C=O) groups excluding carboxylic acids is 1. The monoisotopic (exact) mass is 360 g/mol. The molecule has 5 nitrogen and oxygen atoms in total. The van der Waals surface area contributed by atoms with E-state index in [9.17, 15) is 4.79 Å². The summed E-state index contributed by atoms with van der Waals surface area (Å²) in [5.74, 6) is 0.0792. The predicted octanol–water partition coefficient (Wildman–Crippen LogP) is 3.30. The minimum absolute atomic E-state index is 0.0792. The Morgan fingerprint density at radius 2 is 1.81 bits per heavy atom. The van der Waals surface area contributed by atoms with Gasteiger partial charge in [-0.05, 0) is 37.5 Å². The van der Waals surface area contributed by atoms with Crippen molar-refractivity contribution in [3.8, 4) is 0 Å². The zero-order valence-electron chi connectivity index (χ0n) is 15.6. The van der Waals surface area contributed by atoms with Crippen molar-refractivity contribution < 1.29 is 4.79 Å². The van der Waals surface area contributed by atoms with Crippen LogP contribution >= 0.6 is 0 Å². The second-order valence-corrected chi connectivity index (χ2v) is 7.63. The average Bonchev–Trinajstić information content (AvgIpc) is 3.50. The Morgan fingerprint density at radius 1 is 1.04 bits per heavy atom. The van der Waals surface area contributed by atoms with E-state index in [1.54, 1.807) is 0 Å². The largest absolute Gasteiger partial charge is 0.328 e. The summed E-state index contributed by atoms with van der Waals surface area (Å²) in [5.41, 5.74) is 3.52. The zero-order chi connectivity index (χ0) is 18.4. The first kappa shape index (κ1) is 16.5. The standard InChI is InChI=1S/C22H24N4O/c1-16-21(26-12-6-5-9-20(26)23-16)22(27)25-14-13-24(18-10-11-18)15-19(25)17-7-3-2-4-8-17/h2-9,12,18-19H,10-11,13-15H2,1H3. The maximum absolute atomic E-state index is 13.6. The highest BCUT2D eigenvalue weighted by Gasteiger charge is 2.38. The fourth-order valence-electron chi connectivity index (χ4n) is 4.29. The number of imidazole rings is 1. The van der Waals surface area contributed by atoms with Crippen LogP contribution in [0.3, 0.4) is 0 Å². The number of nitrogens with zero attached hydrogens (tertiary/aromatic N) is 4. The molecular weight excluding hydrogens is 336 g/mol. The van der Waals surface area contributed by atoms with Crippen LogP contribution in [0.5, 0.6) is 0 Å². The number of aromatic nitrogens is 2. The summed E-state index contributed by atoms with van der Waals surface area (Å²) in [4.78, 5) is 22.8. The summed E-state index contributed by atoms with van der Waals surface area (Å²) < 4.78 is 1.92. The van der Waals surface area contributed by atoms with Gasteiger partial charge in [0.25, 0.3) is 5.91 Å². The van der Waals surface area contributed by atoms with Crippen LogP contribution in [0.1, 0.15) is 40.6 Å². The molecule has 3 aromatic rings. The number of benzene rings is 1. The van der Waals surface area contributed by atoms with Crippen LogP contribution in [0, 0.1) is 6.92 Å². The Kier molecular flexibility index (Phi) is 3.97. The van der Waals surface area contributed by atoms with E-state index in [2.05, 4.69) is 39.0 Å². The Hall–Kier alpha value is -2.66. The topological polar surface area (TPSA) is 40.9 Å². The number of piperazine rings is 1. The van der Waals surface area contributed by atoms with Gasteiger partial charge < -0.3 is 4.90 Å². The minimum Gasteiger partial charge on any atom is -0.328 e. The van der Waals surface area contributed by atoms with Gasteiger partial charge in [0.2, 0.25) is 0 Å². The van der Waals surface area contributed by atoms with Crippen LogP contribution in [0.15, 0.2) is 54.7 Å². The first-order chi connectivity index (χ1) is 13.2. The Labute approximate surface area is 159 Å². The average molecular weight is 360 g/mol. The van der Waals surface area contributed by atoms with Gasteiger partial charge in [-0.3, -0.25) is 14.1 Å². The van der Waals surface area contributed by atoms with Gasteiger partial charge in [0.05, 0.1) is 11.7 Å². The van der Waals surface area contributed by atoms with Crippen molar-refractivity contribution in [2.24, 2.45) is 0 Å². The summed E-state index contributed by atoms with van der Waals surface area (Å²) in [6.45, 7) is 4.55. The molecule has 1 aromatic carbocycles. The second-order valence-electron chi connectivity index (χ2n) is 7.63. The maximum Gasteiger partial charge on any atom is 0.273 e. The van der Waals surface area contributed by atoms with Crippen LogP contribution in [-0.2, 0) is 0 Å². The molecule has 2 aliphatic rings. The molecular formula is C22H24N4O. The molecule has 1 unspecified atom stereocenters. The molecule has 3 heterocycles. The van der Waals surface area contributed by atoms with Crippen molar-refractivity contribution in [2.45, 2.75) is 31.8 Å². The van der Waals surface area contributed by atoms with Crippen molar-refractivity contribution in [2.75, 3.05) is 19.6 Å². The lowest BCUT2D eigenvalue weighted by atomic mass is 10.0. The number of carbonyl (C=O) groups is 1. The smallest absolute Gasteiger partial charge is 0.273 e. The van der Waals surface area contributed by atoms with Gasteiger partial charge in [-0.15, -0.1) is 0 Å². The predicted molar refractivity (Wildman–Crippen MR) is 105 cm³/mol. The third-order valence-corrected chi connectivity index (χ3v) is 5.83. The van der Waals surface area contributed by atoms with E-state index in [4.69, 9.17) is 0 Å². The van der Waals surface area contributed by atoms with Crippen LogP contribution < -0.4 is 0 Å². The summed E-state index contributed by atoms with van der Waals surface area (Å²) >= 11 is 0. The van der Waals surface area contributed by atoms with E-state index in [1.165, 1.54) is 18.4 Å². The highest BCUT2D eigenvalue weighted by Crippen LogP contribution is 2.34. The van der Waals surface area contributed by atoms with Gasteiger partial charge in [0.1, 0.15) is 11.3 Å². The number of fused-ring (bicyclic) bond motifs is 1. The van der Waals surface area contributed by atoms with E-state index in [1.807, 2.05) is 41.8 Å². The van der Waals surface area contributed by atoms with Gasteiger partial charge in [0, 0.05) is 31.9 Å². The fraction of sp³-hybridized carbons (Fsp3) is 0.364. The molecule has 27 heavy (non-hydrogen) atoms. The van der Waals surface area contributed by atoms with E-state index in [0.29, 0.717) is 11.7 Å². The molecule has 5 heteroatoms. The van der Waals surface area contributed by atoms with Crippen LogP contribution in [0.25, 0.3) is 5.65 Å². The lowest BCUT2D eigenvalue weighted by Crippen LogP contribution is -2.51. The third-order valence-electron chi connectivity index (χ3n) is 5.83. The van der Waals surface area contributed by atoms with Crippen LogP contribution in [0.2, 0.25) is 0 Å². The lowest BCUT2D eigenvalue weighted by molar-refractivity contribution is 0.0426. The van der Waals surface area contributed by atoms with Crippen molar-refractivity contribution in [1.82, 2.24) is 19.2 Å². The Morgan fingerprint density at radius 3 is 2.59 bits per heavy atom. The normalized spacial score (nSPS) is 20.9. The molecule has 0 spiro atoms. The molecule has 1 amide bonds. The molecule has 1 atom stereocenters. The van der Waals surface area contributed by atoms with E-state index >= 15 is 0 Å². The fourth-order valence-corrected chi connectivity index (χ4v) is 4.29. The van der Waals surface area contributed by atoms with Crippen LogP contribution in [0.4, 0.5) is 0 Å². The number of amides is 1. The number of hydrogen-bond acceptors (Lipinski definition) is 3. The molecule has 1 saturated carbocycles. The molecule has 2 fully saturated rings. The van der Waals surface area contributed by atoms with E-state index in [-0.39, 0.29) is 11.9 Å². The maximum atomic E-state index is 13.6. The molecule has 2 aromatic heterocycles. The lowest BCUT2D eigenvalue weighted by Gasteiger charge is -2.42. The molecule has 5 rings (SSSR count). The number of rotatable bonds is 3. The number of hydrogen-bond donors (Lipinski definition) is 0. The molecule has 1 aliphatic carbocycles. The van der Waals surface area contributed by atoms with Crippen LogP contribution in [-0.4, -0.2) is 50.8 Å². The third kappa shape index (κ3) is 2.92. The van der Waals surface area contributed by atoms with Crippen molar-refractivity contribution in [3.63, 3.8) is 0 Å². The first-order valence-electron chi connectivity index (χ1n) is 9.76. The summed E-state index contributed by atoms with van der Waals surface area (Å²) in [6, 6.07) is 17.1. The highest BCUT2D eigenvalue weighted by atomic mass is 16.2. The van der Waals surface area contributed by atoms with Crippen molar-refractivity contribution in [1.29, 1.82) is 0 Å². The molecule has 0 bridgehead atoms. The SMILES string of the molecule is Cc1nc2ccccn2c1C(=O)N1CCN(C2CC2)CC1c1ccccc1. The first-order valence-corrected chi connectivity index (χ1v) is 9.76. The number of aryl methyl sites for hydroxylation is 1. The quantitative estimate of drug-likeness (QED) is 0.720. The molecule has 0 radical (unpaired) electrons. The van der Waals surface area contributed by atoms with Gasteiger partial charge in [-0.2, -0.15) is 0 Å². The van der Waals surface area contributed by atoms with E-state index < -0.39 is 0 Å². The van der Waals surface area contributed by atoms with Crippen molar-refractivity contribution >= 4 is 11.6 Å². The minimum atomic E-state index is 0.0792. The van der Waals surface area contributed by atoms with Gasteiger partial charge in [0.15, 0.2) is 0 Å². The zero-order valence-corrected chi connectivity index (χ0v) is 15.6.